The van der Waals surface area contributed by atoms with Gasteiger partial charge in [-0.2, -0.15) is 0 Å². The van der Waals surface area contributed by atoms with Gasteiger partial charge in [0, 0.05) is 49.9 Å². The Morgan fingerprint density at radius 1 is 1.11 bits per heavy atom. The number of thiophene rings is 1. The number of anilines is 1. The summed E-state index contributed by atoms with van der Waals surface area (Å²) in [6.07, 6.45) is 5.18. The predicted molar refractivity (Wildman–Crippen MR) is 170 cm³/mol. The molecule has 3 saturated heterocycles. The summed E-state index contributed by atoms with van der Waals surface area (Å²) in [7, 11) is 1.38. The topological polar surface area (TPSA) is 117 Å². The van der Waals surface area contributed by atoms with Crippen LogP contribution in [0.1, 0.15) is 75.2 Å². The maximum absolute atomic E-state index is 13.9. The van der Waals surface area contributed by atoms with Crippen molar-refractivity contribution in [2.24, 2.45) is 5.41 Å². The molecule has 0 radical (unpaired) electrons. The number of piperidine rings is 2. The SMILES string of the molecule is CCNC(=O)Nc1sc(-c2ccc(CCC(=O)OC)cc2)cc1C(=O)N1CCC(N2CCCC3(C2)CC(C)(C)OC3=O)CC1. The molecule has 3 aliphatic rings. The van der Waals surface area contributed by atoms with Gasteiger partial charge < -0.3 is 19.7 Å². The van der Waals surface area contributed by atoms with Crippen molar-refractivity contribution in [2.45, 2.75) is 77.4 Å². The van der Waals surface area contributed by atoms with E-state index < -0.39 is 11.0 Å². The Hall–Kier alpha value is -3.44. The lowest BCUT2D eigenvalue weighted by Gasteiger charge is -2.44. The van der Waals surface area contributed by atoms with Gasteiger partial charge >= 0.3 is 18.0 Å². The number of aryl methyl sites for hydroxylation is 1. The van der Waals surface area contributed by atoms with E-state index in [4.69, 9.17) is 9.47 Å². The minimum atomic E-state index is -0.416. The summed E-state index contributed by atoms with van der Waals surface area (Å²) >= 11 is 1.38. The summed E-state index contributed by atoms with van der Waals surface area (Å²) in [5.41, 5.74) is 1.60. The van der Waals surface area contributed by atoms with Crippen LogP contribution in [0.15, 0.2) is 30.3 Å². The van der Waals surface area contributed by atoms with Gasteiger partial charge in [0.2, 0.25) is 0 Å². The number of cyclic esters (lactones) is 1. The van der Waals surface area contributed by atoms with Crippen molar-refractivity contribution in [2.75, 3.05) is 45.2 Å². The standard InChI is InChI=1S/C33H44N4O6S/c1-5-34-31(41)35-28-25(19-26(44-28)23-10-7-22(8-11-23)9-12-27(38)42-4)29(39)36-17-13-24(14-18-36)37-16-6-15-33(21-37)20-32(2,3)43-30(33)40/h7-8,10-11,19,24H,5-6,9,12-18,20-21H2,1-4H3,(H2,34,35,41). The van der Waals surface area contributed by atoms with Crippen LogP contribution < -0.4 is 10.6 Å². The first-order valence-electron chi connectivity index (χ1n) is 15.6. The van der Waals surface area contributed by atoms with Gasteiger partial charge in [0.1, 0.15) is 10.6 Å². The fraction of sp³-hybridized carbons (Fsp3) is 0.576. The monoisotopic (exact) mass is 624 g/mol. The number of nitrogens with zero attached hydrogens (tertiary/aromatic N) is 2. The zero-order valence-corrected chi connectivity index (χ0v) is 27.0. The van der Waals surface area contributed by atoms with E-state index in [1.54, 1.807) is 0 Å². The molecule has 1 aromatic heterocycles. The molecular weight excluding hydrogens is 580 g/mol. The Morgan fingerprint density at radius 2 is 1.84 bits per heavy atom. The largest absolute Gasteiger partial charge is 0.469 e. The molecule has 3 fully saturated rings. The molecule has 11 heteroatoms. The maximum Gasteiger partial charge on any atom is 0.319 e. The molecule has 1 aromatic carbocycles. The van der Waals surface area contributed by atoms with E-state index in [2.05, 4.69) is 15.5 Å². The van der Waals surface area contributed by atoms with E-state index in [1.807, 2.05) is 56.0 Å². The third-order valence-corrected chi connectivity index (χ3v) is 10.2. The van der Waals surface area contributed by atoms with Gasteiger partial charge in [0.15, 0.2) is 0 Å². The van der Waals surface area contributed by atoms with Crippen LogP contribution in [0.5, 0.6) is 0 Å². The van der Waals surface area contributed by atoms with Crippen LogP contribution in [0.2, 0.25) is 0 Å². The number of amides is 3. The molecule has 0 aliphatic carbocycles. The number of nitrogens with one attached hydrogen (secondary N) is 2. The highest BCUT2D eigenvalue weighted by molar-refractivity contribution is 7.20. The van der Waals surface area contributed by atoms with E-state index >= 15 is 0 Å². The number of ether oxygens (including phenoxy) is 2. The summed E-state index contributed by atoms with van der Waals surface area (Å²) in [5, 5.41) is 6.16. The number of hydrogen-bond donors (Lipinski definition) is 2. The van der Waals surface area contributed by atoms with Crippen LogP contribution in [0.4, 0.5) is 9.80 Å². The second-order valence-electron chi connectivity index (χ2n) is 12.8. The molecule has 5 rings (SSSR count). The Morgan fingerprint density at radius 3 is 2.48 bits per heavy atom. The highest BCUT2D eigenvalue weighted by atomic mass is 32.1. The number of rotatable bonds is 8. The van der Waals surface area contributed by atoms with Crippen molar-refractivity contribution in [1.29, 1.82) is 0 Å². The zero-order chi connectivity index (χ0) is 31.5. The highest BCUT2D eigenvalue weighted by Crippen LogP contribution is 2.47. The third kappa shape index (κ3) is 7.10. The van der Waals surface area contributed by atoms with Crippen LogP contribution in [0.25, 0.3) is 10.4 Å². The highest BCUT2D eigenvalue weighted by Gasteiger charge is 2.54. The Bertz CT molecular complexity index is 1380. The summed E-state index contributed by atoms with van der Waals surface area (Å²) < 4.78 is 10.5. The number of carbonyl (C=O) groups is 4. The second kappa shape index (κ2) is 13.3. The second-order valence-corrected chi connectivity index (χ2v) is 13.9. The number of likely N-dealkylation sites (tertiary alicyclic amines) is 2. The number of urea groups is 1. The van der Waals surface area contributed by atoms with Gasteiger partial charge in [-0.15, -0.1) is 11.3 Å². The molecule has 2 N–H and O–H groups in total. The summed E-state index contributed by atoms with van der Waals surface area (Å²) in [4.78, 5) is 56.0. The first-order valence-corrected chi connectivity index (χ1v) is 16.5. The molecule has 10 nitrogen and oxygen atoms in total. The minimum absolute atomic E-state index is 0.0592. The quantitative estimate of drug-likeness (QED) is 0.394. The third-order valence-electron chi connectivity index (χ3n) is 9.05. The summed E-state index contributed by atoms with van der Waals surface area (Å²) in [5.74, 6) is -0.400. The van der Waals surface area contributed by atoms with Crippen LogP contribution in [0.3, 0.4) is 0 Å². The van der Waals surface area contributed by atoms with Crippen LogP contribution in [-0.2, 0) is 25.5 Å². The fourth-order valence-corrected chi connectivity index (χ4v) is 8.00. The number of carbonyl (C=O) groups excluding carboxylic acids is 4. The molecule has 0 bridgehead atoms. The minimum Gasteiger partial charge on any atom is -0.469 e. The first-order chi connectivity index (χ1) is 21.0. The summed E-state index contributed by atoms with van der Waals surface area (Å²) in [6.45, 7) is 9.23. The molecule has 1 unspecified atom stereocenters. The molecule has 3 aliphatic heterocycles. The maximum atomic E-state index is 13.9. The normalized spacial score (nSPS) is 22.1. The average Bonchev–Trinajstić information content (AvgIpc) is 3.52. The average molecular weight is 625 g/mol. The zero-order valence-electron chi connectivity index (χ0n) is 26.2. The lowest BCUT2D eigenvalue weighted by Crippen LogP contribution is -2.53. The molecule has 2 aromatic rings. The van der Waals surface area contributed by atoms with E-state index in [1.165, 1.54) is 18.4 Å². The number of hydrogen-bond acceptors (Lipinski definition) is 8. The van der Waals surface area contributed by atoms with Crippen molar-refractivity contribution < 1.29 is 28.7 Å². The van der Waals surface area contributed by atoms with E-state index in [9.17, 15) is 19.2 Å². The van der Waals surface area contributed by atoms with Gasteiger partial charge in [-0.05, 0) is 76.6 Å². The van der Waals surface area contributed by atoms with E-state index in [-0.39, 0.29) is 23.9 Å². The van der Waals surface area contributed by atoms with Gasteiger partial charge in [-0.1, -0.05) is 24.3 Å². The van der Waals surface area contributed by atoms with Crippen LogP contribution >= 0.6 is 11.3 Å². The Kier molecular flexibility index (Phi) is 9.65. The molecule has 44 heavy (non-hydrogen) atoms. The van der Waals surface area contributed by atoms with Gasteiger partial charge in [-0.25, -0.2) is 4.79 Å². The molecule has 0 saturated carbocycles. The van der Waals surface area contributed by atoms with Crippen molar-refractivity contribution in [3.63, 3.8) is 0 Å². The van der Waals surface area contributed by atoms with Crippen LogP contribution in [-0.4, -0.2) is 85.2 Å². The lowest BCUT2D eigenvalue weighted by molar-refractivity contribution is -0.154. The molecule has 1 atom stereocenters. The first kappa shape index (κ1) is 32.0. The van der Waals surface area contributed by atoms with E-state index in [0.717, 1.165) is 61.2 Å². The van der Waals surface area contributed by atoms with Crippen molar-refractivity contribution >= 4 is 40.2 Å². The fourth-order valence-electron chi connectivity index (χ4n) is 6.95. The van der Waals surface area contributed by atoms with Gasteiger partial charge in [0.05, 0.1) is 18.1 Å². The number of esters is 2. The smallest absolute Gasteiger partial charge is 0.319 e. The Balaban J connectivity index is 1.27. The molecule has 4 heterocycles. The Labute approximate surface area is 263 Å². The van der Waals surface area contributed by atoms with E-state index in [0.29, 0.717) is 49.1 Å². The van der Waals surface area contributed by atoms with Gasteiger partial charge in [0.25, 0.3) is 5.91 Å². The van der Waals surface area contributed by atoms with Crippen molar-refractivity contribution in [1.82, 2.24) is 15.1 Å². The van der Waals surface area contributed by atoms with Gasteiger partial charge in [-0.3, -0.25) is 24.6 Å². The molecular formula is C33H44N4O6S. The summed E-state index contributed by atoms with van der Waals surface area (Å²) in [6, 6.07) is 9.72. The number of methoxy groups -OCH3 is 1. The number of benzene rings is 1. The molecule has 3 amide bonds. The lowest BCUT2D eigenvalue weighted by atomic mass is 9.74. The van der Waals surface area contributed by atoms with Crippen molar-refractivity contribution in [3.05, 3.63) is 41.5 Å². The molecule has 238 valence electrons. The van der Waals surface area contributed by atoms with Crippen molar-refractivity contribution in [3.8, 4) is 10.4 Å². The predicted octanol–water partition coefficient (Wildman–Crippen LogP) is 5.07. The van der Waals surface area contributed by atoms with Crippen LogP contribution in [0, 0.1) is 5.41 Å². The molecule has 1 spiro atoms.